The number of aromatic nitrogens is 2. The molecule has 0 saturated carbocycles. The van der Waals surface area contributed by atoms with Gasteiger partial charge in [-0.3, -0.25) is 4.68 Å². The van der Waals surface area contributed by atoms with Gasteiger partial charge in [0.1, 0.15) is 0 Å². The molecule has 1 atom stereocenters. The van der Waals surface area contributed by atoms with Crippen LogP contribution >= 0.6 is 11.3 Å². The number of rotatable bonds is 4. The van der Waals surface area contributed by atoms with Gasteiger partial charge in [-0.25, -0.2) is 4.79 Å². The summed E-state index contributed by atoms with van der Waals surface area (Å²) in [6.07, 6.45) is 5.87. The Labute approximate surface area is 128 Å². The van der Waals surface area contributed by atoms with Crippen molar-refractivity contribution in [3.05, 3.63) is 39.8 Å². The summed E-state index contributed by atoms with van der Waals surface area (Å²) in [5, 5.41) is 14.5. The fraction of sp³-hybridized carbons (Fsp3) is 0.467. The van der Waals surface area contributed by atoms with Crippen LogP contribution < -0.4 is 10.6 Å². The molecule has 2 aromatic rings. The van der Waals surface area contributed by atoms with Crippen LogP contribution in [0.25, 0.3) is 0 Å². The van der Waals surface area contributed by atoms with Gasteiger partial charge in [-0.05, 0) is 48.1 Å². The van der Waals surface area contributed by atoms with E-state index in [1.165, 1.54) is 11.3 Å². The number of carbonyl (C=O) groups is 1. The second-order valence-corrected chi connectivity index (χ2v) is 6.18. The molecule has 2 amide bonds. The minimum atomic E-state index is -0.0908. The van der Waals surface area contributed by atoms with E-state index in [4.69, 9.17) is 0 Å². The maximum Gasteiger partial charge on any atom is 0.315 e. The highest BCUT2D eigenvalue weighted by molar-refractivity contribution is 7.07. The summed E-state index contributed by atoms with van der Waals surface area (Å²) in [7, 11) is 1.96. The van der Waals surface area contributed by atoms with E-state index in [0.29, 0.717) is 6.54 Å². The molecule has 1 aliphatic carbocycles. The molecular formula is C15H20N4OS. The zero-order chi connectivity index (χ0) is 14.7. The Hall–Kier alpha value is -1.82. The fourth-order valence-corrected chi connectivity index (χ4v) is 3.52. The SMILES string of the molecule is Cn1ncc2c1CCC[C@@H]2NC(=O)NCCc1ccsc1. The van der Waals surface area contributed by atoms with Gasteiger partial charge in [-0.1, -0.05) is 0 Å². The van der Waals surface area contributed by atoms with Crippen molar-refractivity contribution in [2.24, 2.45) is 7.05 Å². The number of hydrogen-bond acceptors (Lipinski definition) is 3. The Morgan fingerprint density at radius 2 is 2.48 bits per heavy atom. The van der Waals surface area contributed by atoms with Crippen molar-refractivity contribution in [2.45, 2.75) is 31.7 Å². The molecule has 0 saturated heterocycles. The zero-order valence-corrected chi connectivity index (χ0v) is 12.9. The third kappa shape index (κ3) is 3.26. The third-order valence-electron chi connectivity index (χ3n) is 3.96. The highest BCUT2D eigenvalue weighted by Crippen LogP contribution is 2.28. The zero-order valence-electron chi connectivity index (χ0n) is 12.1. The lowest BCUT2D eigenvalue weighted by atomic mass is 9.93. The Morgan fingerprint density at radius 3 is 3.29 bits per heavy atom. The Morgan fingerprint density at radius 1 is 1.57 bits per heavy atom. The fourth-order valence-electron chi connectivity index (χ4n) is 2.82. The number of amides is 2. The van der Waals surface area contributed by atoms with Gasteiger partial charge in [0.15, 0.2) is 0 Å². The van der Waals surface area contributed by atoms with Gasteiger partial charge in [0.05, 0.1) is 12.2 Å². The number of nitrogens with one attached hydrogen (secondary N) is 2. The molecule has 3 rings (SSSR count). The molecule has 2 heterocycles. The average molecular weight is 304 g/mol. The summed E-state index contributed by atoms with van der Waals surface area (Å²) >= 11 is 1.68. The van der Waals surface area contributed by atoms with Crippen molar-refractivity contribution in [3.8, 4) is 0 Å². The Balaban J connectivity index is 1.51. The lowest BCUT2D eigenvalue weighted by molar-refractivity contribution is 0.235. The van der Waals surface area contributed by atoms with Crippen LogP contribution in [0.2, 0.25) is 0 Å². The molecule has 5 nitrogen and oxygen atoms in total. The number of carbonyl (C=O) groups excluding carboxylic acids is 1. The molecule has 0 spiro atoms. The molecule has 6 heteroatoms. The smallest absolute Gasteiger partial charge is 0.315 e. The molecule has 2 aromatic heterocycles. The van der Waals surface area contributed by atoms with E-state index in [2.05, 4.69) is 32.6 Å². The largest absolute Gasteiger partial charge is 0.338 e. The van der Waals surface area contributed by atoms with Crippen LogP contribution in [0.4, 0.5) is 4.79 Å². The lowest BCUT2D eigenvalue weighted by Crippen LogP contribution is -2.39. The minimum Gasteiger partial charge on any atom is -0.338 e. The second-order valence-electron chi connectivity index (χ2n) is 5.40. The van der Waals surface area contributed by atoms with Gasteiger partial charge in [0.25, 0.3) is 0 Å². The average Bonchev–Trinajstić information content (AvgIpc) is 3.10. The lowest BCUT2D eigenvalue weighted by Gasteiger charge is -2.23. The quantitative estimate of drug-likeness (QED) is 0.911. The van der Waals surface area contributed by atoms with Gasteiger partial charge >= 0.3 is 6.03 Å². The Kier molecular flexibility index (Phi) is 4.24. The second kappa shape index (κ2) is 6.30. The van der Waals surface area contributed by atoms with Crippen LogP contribution in [0.15, 0.2) is 23.0 Å². The predicted octanol–water partition coefficient (Wildman–Crippen LogP) is 2.40. The van der Waals surface area contributed by atoms with Crippen LogP contribution in [-0.4, -0.2) is 22.4 Å². The van der Waals surface area contributed by atoms with Crippen molar-refractivity contribution in [3.63, 3.8) is 0 Å². The summed E-state index contributed by atoms with van der Waals surface area (Å²) < 4.78 is 1.91. The first-order valence-corrected chi connectivity index (χ1v) is 8.24. The number of thiophene rings is 1. The number of hydrogen-bond donors (Lipinski definition) is 2. The summed E-state index contributed by atoms with van der Waals surface area (Å²) in [6, 6.07) is 2.09. The van der Waals surface area contributed by atoms with E-state index in [9.17, 15) is 4.79 Å². The van der Waals surface area contributed by atoms with E-state index in [-0.39, 0.29) is 12.1 Å². The third-order valence-corrected chi connectivity index (χ3v) is 4.69. The van der Waals surface area contributed by atoms with E-state index >= 15 is 0 Å². The van der Waals surface area contributed by atoms with Crippen LogP contribution in [0.1, 0.15) is 35.7 Å². The van der Waals surface area contributed by atoms with Crippen LogP contribution in [-0.2, 0) is 19.9 Å². The van der Waals surface area contributed by atoms with Gasteiger partial charge in [0.2, 0.25) is 0 Å². The number of fused-ring (bicyclic) bond motifs is 1. The van der Waals surface area contributed by atoms with Crippen molar-refractivity contribution in [1.29, 1.82) is 0 Å². The maximum absolute atomic E-state index is 12.0. The molecule has 0 fully saturated rings. The molecule has 1 aliphatic rings. The van der Waals surface area contributed by atoms with Gasteiger partial charge in [0, 0.05) is 24.8 Å². The molecule has 0 aromatic carbocycles. The van der Waals surface area contributed by atoms with Crippen molar-refractivity contribution in [1.82, 2.24) is 20.4 Å². The summed E-state index contributed by atoms with van der Waals surface area (Å²) in [4.78, 5) is 12.0. The molecule has 0 unspecified atom stereocenters. The van der Waals surface area contributed by atoms with Crippen molar-refractivity contribution in [2.75, 3.05) is 6.54 Å². The van der Waals surface area contributed by atoms with Crippen molar-refractivity contribution >= 4 is 17.4 Å². The maximum atomic E-state index is 12.0. The first-order valence-electron chi connectivity index (χ1n) is 7.30. The summed E-state index contributed by atoms with van der Waals surface area (Å²) in [6.45, 7) is 0.662. The monoisotopic (exact) mass is 304 g/mol. The van der Waals surface area contributed by atoms with E-state index in [1.807, 2.05) is 17.9 Å². The van der Waals surface area contributed by atoms with E-state index < -0.39 is 0 Å². The molecule has 2 N–H and O–H groups in total. The van der Waals surface area contributed by atoms with Crippen LogP contribution in [0.5, 0.6) is 0 Å². The van der Waals surface area contributed by atoms with E-state index in [1.54, 1.807) is 11.3 Å². The minimum absolute atomic E-state index is 0.0867. The van der Waals surface area contributed by atoms with Gasteiger partial charge in [-0.2, -0.15) is 16.4 Å². The van der Waals surface area contributed by atoms with Gasteiger partial charge < -0.3 is 10.6 Å². The molecule has 0 radical (unpaired) electrons. The topological polar surface area (TPSA) is 59.0 Å². The number of aryl methyl sites for hydroxylation is 1. The van der Waals surface area contributed by atoms with Crippen LogP contribution in [0, 0.1) is 0 Å². The highest BCUT2D eigenvalue weighted by atomic mass is 32.1. The Bertz CT molecular complexity index is 605. The first-order chi connectivity index (χ1) is 10.2. The molecule has 21 heavy (non-hydrogen) atoms. The molecule has 0 bridgehead atoms. The normalized spacial score (nSPS) is 17.3. The molecule has 0 aliphatic heterocycles. The van der Waals surface area contributed by atoms with Crippen molar-refractivity contribution < 1.29 is 4.79 Å². The first kappa shape index (κ1) is 14.1. The van der Waals surface area contributed by atoms with Crippen LogP contribution in [0.3, 0.4) is 0 Å². The predicted molar refractivity (Wildman–Crippen MR) is 83.4 cm³/mol. The number of nitrogens with zero attached hydrogens (tertiary/aromatic N) is 2. The molecule has 112 valence electrons. The van der Waals surface area contributed by atoms with E-state index in [0.717, 1.165) is 31.2 Å². The summed E-state index contributed by atoms with van der Waals surface area (Å²) in [5.74, 6) is 0. The standard InChI is InChI=1S/C15H20N4OS/c1-19-14-4-2-3-13(12(14)9-17-19)18-15(20)16-7-5-11-6-8-21-10-11/h6,8-10,13H,2-5,7H2,1H3,(H2,16,18,20)/t13-/m0/s1. The number of urea groups is 1. The highest BCUT2D eigenvalue weighted by Gasteiger charge is 2.24. The molecular weight excluding hydrogens is 284 g/mol. The summed E-state index contributed by atoms with van der Waals surface area (Å²) in [5.41, 5.74) is 3.68. The van der Waals surface area contributed by atoms with Gasteiger partial charge in [-0.15, -0.1) is 0 Å².